The molecule has 1 aromatic rings. The number of hydrogen-bond acceptors (Lipinski definition) is 3. The molecule has 1 saturated heterocycles. The molecule has 1 N–H and O–H groups in total. The topological polar surface area (TPSA) is 66.5 Å². The first kappa shape index (κ1) is 16.8. The number of nitrogens with zero attached hydrogens (tertiary/aromatic N) is 1. The van der Waals surface area contributed by atoms with Gasteiger partial charge >= 0.3 is 0 Å². The van der Waals surface area contributed by atoms with E-state index in [0.29, 0.717) is 18.9 Å². The van der Waals surface area contributed by atoms with Crippen molar-refractivity contribution in [3.05, 3.63) is 29.6 Å². The van der Waals surface area contributed by atoms with E-state index in [1.807, 2.05) is 0 Å². The van der Waals surface area contributed by atoms with Crippen LogP contribution in [0.2, 0.25) is 0 Å². The molecule has 1 heterocycles. The minimum Gasteiger partial charge on any atom is -0.322 e. The quantitative estimate of drug-likeness (QED) is 0.857. The third-order valence-corrected chi connectivity index (χ3v) is 4.76. The van der Waals surface area contributed by atoms with Gasteiger partial charge in [-0.05, 0) is 25.0 Å². The Kier molecular flexibility index (Phi) is 4.76. The second kappa shape index (κ2) is 6.25. The lowest BCUT2D eigenvalue weighted by Crippen LogP contribution is -2.49. The van der Waals surface area contributed by atoms with Crippen LogP contribution >= 0.6 is 0 Å². The number of amides is 1. The van der Waals surface area contributed by atoms with Crippen LogP contribution in [0.1, 0.15) is 19.3 Å². The number of halogens is 3. The Labute approximate surface area is 126 Å². The zero-order chi connectivity index (χ0) is 16.5. The third kappa shape index (κ3) is 3.41. The maximum atomic E-state index is 13.6. The lowest BCUT2D eigenvalue weighted by Gasteiger charge is -2.32. The Morgan fingerprint density at radius 3 is 2.55 bits per heavy atom. The lowest BCUT2D eigenvalue weighted by molar-refractivity contribution is -0.120. The monoisotopic (exact) mass is 336 g/mol. The summed E-state index contributed by atoms with van der Waals surface area (Å²) < 4.78 is 64.0. The molecule has 5 nitrogen and oxygen atoms in total. The maximum Gasteiger partial charge on any atom is 0.242 e. The first-order valence-electron chi connectivity index (χ1n) is 6.63. The summed E-state index contributed by atoms with van der Waals surface area (Å²) in [6, 6.07) is 0.582. The molecule has 1 amide bonds. The second-order valence-electron chi connectivity index (χ2n) is 5.10. The second-order valence-corrected chi connectivity index (χ2v) is 7.03. The maximum absolute atomic E-state index is 13.6. The summed E-state index contributed by atoms with van der Waals surface area (Å²) in [7, 11) is -3.59. The normalized spacial score (nSPS) is 19.9. The van der Waals surface area contributed by atoms with Crippen LogP contribution < -0.4 is 5.32 Å². The predicted molar refractivity (Wildman–Crippen MR) is 74.1 cm³/mol. The van der Waals surface area contributed by atoms with Gasteiger partial charge in [-0.2, -0.15) is 4.31 Å². The van der Waals surface area contributed by atoms with Crippen molar-refractivity contribution in [3.63, 3.8) is 0 Å². The Bertz CT molecular complexity index is 694. The largest absolute Gasteiger partial charge is 0.322 e. The summed E-state index contributed by atoms with van der Waals surface area (Å²) in [6.45, 7) is 0.192. The molecule has 2 rings (SSSR count). The zero-order valence-corrected chi connectivity index (χ0v) is 12.6. The molecule has 1 aliphatic rings. The number of nitrogens with one attached hydrogen (secondary N) is 1. The van der Waals surface area contributed by atoms with Crippen LogP contribution in [0.25, 0.3) is 0 Å². The van der Waals surface area contributed by atoms with Gasteiger partial charge in [0.2, 0.25) is 15.9 Å². The average molecular weight is 336 g/mol. The fraction of sp³-hybridized carbons (Fsp3) is 0.462. The van der Waals surface area contributed by atoms with Crippen molar-refractivity contribution < 1.29 is 26.4 Å². The molecule has 9 heteroatoms. The summed E-state index contributed by atoms with van der Waals surface area (Å²) >= 11 is 0. The van der Waals surface area contributed by atoms with E-state index in [-0.39, 0.29) is 13.0 Å². The van der Waals surface area contributed by atoms with Gasteiger partial charge < -0.3 is 5.32 Å². The molecule has 1 atom stereocenters. The first-order valence-corrected chi connectivity index (χ1v) is 8.48. The van der Waals surface area contributed by atoms with Crippen LogP contribution in [-0.4, -0.2) is 37.5 Å². The molecule has 0 aliphatic carbocycles. The highest BCUT2D eigenvalue weighted by Gasteiger charge is 2.34. The van der Waals surface area contributed by atoms with Crippen LogP contribution in [0.3, 0.4) is 0 Å². The van der Waals surface area contributed by atoms with E-state index in [4.69, 9.17) is 0 Å². The lowest BCUT2D eigenvalue weighted by atomic mass is 10.0. The highest BCUT2D eigenvalue weighted by molar-refractivity contribution is 7.88. The molecule has 0 aromatic heterocycles. The molecule has 1 aromatic carbocycles. The Hall–Kier alpha value is -1.61. The Morgan fingerprint density at radius 1 is 1.23 bits per heavy atom. The number of sulfonamides is 1. The number of carbonyl (C=O) groups excluding carboxylic acids is 1. The Balaban J connectivity index is 2.23. The molecular formula is C13H15F3N2O3S. The molecule has 122 valence electrons. The highest BCUT2D eigenvalue weighted by atomic mass is 32.2. The van der Waals surface area contributed by atoms with Crippen molar-refractivity contribution in [1.29, 1.82) is 0 Å². The molecule has 1 unspecified atom stereocenters. The predicted octanol–water partition coefficient (Wildman–Crippen LogP) is 1.86. The number of hydrogen-bond donors (Lipinski definition) is 1. The number of benzene rings is 1. The molecule has 0 saturated carbocycles. The van der Waals surface area contributed by atoms with E-state index >= 15 is 0 Å². The highest BCUT2D eigenvalue weighted by Crippen LogP contribution is 2.24. The third-order valence-electron chi connectivity index (χ3n) is 3.48. The minimum atomic E-state index is -3.59. The van der Waals surface area contributed by atoms with Gasteiger partial charge in [0.25, 0.3) is 0 Å². The number of rotatable bonds is 3. The fourth-order valence-electron chi connectivity index (χ4n) is 2.40. The van der Waals surface area contributed by atoms with Crippen LogP contribution in [0.4, 0.5) is 18.9 Å². The summed E-state index contributed by atoms with van der Waals surface area (Å²) in [5.74, 6) is -5.35. The summed E-state index contributed by atoms with van der Waals surface area (Å²) in [5.41, 5.74) is -0.525. The summed E-state index contributed by atoms with van der Waals surface area (Å²) in [6.07, 6.45) is 2.53. The molecule has 0 radical (unpaired) electrons. The number of carbonyl (C=O) groups is 1. The van der Waals surface area contributed by atoms with Crippen LogP contribution in [0.5, 0.6) is 0 Å². The molecular weight excluding hydrogens is 321 g/mol. The smallest absolute Gasteiger partial charge is 0.242 e. The van der Waals surface area contributed by atoms with Gasteiger partial charge in [-0.25, -0.2) is 21.6 Å². The van der Waals surface area contributed by atoms with Crippen molar-refractivity contribution in [1.82, 2.24) is 4.31 Å². The van der Waals surface area contributed by atoms with Crippen LogP contribution in [0.15, 0.2) is 12.1 Å². The zero-order valence-electron chi connectivity index (χ0n) is 11.8. The summed E-state index contributed by atoms with van der Waals surface area (Å²) in [4.78, 5) is 12.2. The van der Waals surface area contributed by atoms with Gasteiger partial charge in [-0.15, -0.1) is 0 Å². The van der Waals surface area contributed by atoms with E-state index in [9.17, 15) is 26.4 Å². The molecule has 0 bridgehead atoms. The van der Waals surface area contributed by atoms with Crippen molar-refractivity contribution >= 4 is 21.6 Å². The van der Waals surface area contributed by atoms with Crippen LogP contribution in [0, 0.1) is 17.5 Å². The van der Waals surface area contributed by atoms with E-state index in [0.717, 1.165) is 16.6 Å². The van der Waals surface area contributed by atoms with Crippen molar-refractivity contribution in [2.24, 2.45) is 0 Å². The van der Waals surface area contributed by atoms with Crippen molar-refractivity contribution in [2.45, 2.75) is 25.3 Å². The minimum absolute atomic E-state index is 0.192. The fourth-order valence-corrected chi connectivity index (χ4v) is 3.53. The standard InChI is InChI=1S/C13H15F3N2O3S/c1-22(20,21)18-7-3-2-4-10(18)13(19)17-9-6-5-8(14)11(15)12(9)16/h5-6,10H,2-4,7H2,1H3,(H,17,19). The van der Waals surface area contributed by atoms with E-state index in [1.165, 1.54) is 0 Å². The van der Waals surface area contributed by atoms with Crippen LogP contribution in [-0.2, 0) is 14.8 Å². The van der Waals surface area contributed by atoms with Gasteiger partial charge in [0.1, 0.15) is 6.04 Å². The van der Waals surface area contributed by atoms with Crippen molar-refractivity contribution in [3.8, 4) is 0 Å². The van der Waals surface area contributed by atoms with Crippen molar-refractivity contribution in [2.75, 3.05) is 18.1 Å². The Morgan fingerprint density at radius 2 is 1.91 bits per heavy atom. The SMILES string of the molecule is CS(=O)(=O)N1CCCCC1C(=O)Nc1ccc(F)c(F)c1F. The van der Waals surface area contributed by atoms with Gasteiger partial charge in [-0.1, -0.05) is 6.42 Å². The van der Waals surface area contributed by atoms with Gasteiger partial charge in [0.05, 0.1) is 11.9 Å². The molecule has 0 spiro atoms. The molecule has 1 aliphatic heterocycles. The molecule has 1 fully saturated rings. The van der Waals surface area contributed by atoms with E-state index in [1.54, 1.807) is 0 Å². The van der Waals surface area contributed by atoms with Gasteiger partial charge in [-0.3, -0.25) is 4.79 Å². The van der Waals surface area contributed by atoms with E-state index in [2.05, 4.69) is 5.32 Å². The number of piperidine rings is 1. The first-order chi connectivity index (χ1) is 10.2. The van der Waals surface area contributed by atoms with Gasteiger partial charge in [0, 0.05) is 6.54 Å². The van der Waals surface area contributed by atoms with Gasteiger partial charge in [0.15, 0.2) is 17.5 Å². The average Bonchev–Trinajstić information content (AvgIpc) is 2.47. The molecule has 22 heavy (non-hydrogen) atoms. The number of anilines is 1. The summed E-state index contributed by atoms with van der Waals surface area (Å²) in [5, 5.41) is 2.12. The van der Waals surface area contributed by atoms with E-state index < -0.39 is 45.1 Å².